The van der Waals surface area contributed by atoms with Crippen molar-refractivity contribution in [1.29, 1.82) is 0 Å². The van der Waals surface area contributed by atoms with Gasteiger partial charge in [-0.2, -0.15) is 13.2 Å². The van der Waals surface area contributed by atoms with Gasteiger partial charge in [0.25, 0.3) is 0 Å². The number of hydrogen-bond donors (Lipinski definition) is 2. The van der Waals surface area contributed by atoms with Crippen molar-refractivity contribution in [2.75, 3.05) is 5.32 Å². The predicted molar refractivity (Wildman–Crippen MR) is 71.5 cm³/mol. The second-order valence-corrected chi connectivity index (χ2v) is 5.33. The molecular weight excluding hydrogens is 329 g/mol. The molecule has 0 bridgehead atoms. The molecule has 2 rings (SSSR count). The highest BCUT2D eigenvalue weighted by Gasteiger charge is 2.33. The maximum atomic E-state index is 12.7. The molecule has 0 spiro atoms. The Labute approximate surface area is 116 Å². The fourth-order valence-electron chi connectivity index (χ4n) is 1.40. The third-order valence-electron chi connectivity index (χ3n) is 2.44. The summed E-state index contributed by atoms with van der Waals surface area (Å²) in [7, 11) is 0. The van der Waals surface area contributed by atoms with E-state index in [0.717, 1.165) is 18.9 Å². The molecule has 1 saturated carbocycles. The van der Waals surface area contributed by atoms with E-state index in [9.17, 15) is 13.2 Å². The zero-order chi connectivity index (χ0) is 13.3. The zero-order valence-corrected chi connectivity index (χ0v) is 11.5. The SMILES string of the molecule is FC(F)(F)c1cc(NC(=S)NC2CC2)ccc1Br. The summed E-state index contributed by atoms with van der Waals surface area (Å²) in [6.07, 6.45) is -2.28. The molecule has 7 heteroatoms. The third kappa shape index (κ3) is 3.58. The van der Waals surface area contributed by atoms with Crippen LogP contribution in [0.4, 0.5) is 18.9 Å². The van der Waals surface area contributed by atoms with E-state index in [0.29, 0.717) is 16.8 Å². The molecule has 1 aliphatic rings. The minimum atomic E-state index is -4.39. The smallest absolute Gasteiger partial charge is 0.360 e. The highest BCUT2D eigenvalue weighted by molar-refractivity contribution is 9.10. The third-order valence-corrected chi connectivity index (χ3v) is 3.35. The number of benzene rings is 1. The van der Waals surface area contributed by atoms with Crippen LogP contribution in [0.5, 0.6) is 0 Å². The first kappa shape index (κ1) is 13.6. The van der Waals surface area contributed by atoms with E-state index in [-0.39, 0.29) is 4.47 Å². The predicted octanol–water partition coefficient (Wildman–Crippen LogP) is 3.92. The molecular formula is C11H10BrF3N2S. The maximum absolute atomic E-state index is 12.7. The summed E-state index contributed by atoms with van der Waals surface area (Å²) in [5, 5.41) is 6.11. The highest BCUT2D eigenvalue weighted by atomic mass is 79.9. The van der Waals surface area contributed by atoms with Crippen molar-refractivity contribution in [3.63, 3.8) is 0 Å². The molecule has 0 unspecified atom stereocenters. The van der Waals surface area contributed by atoms with Crippen molar-refractivity contribution >= 4 is 38.9 Å². The first-order valence-electron chi connectivity index (χ1n) is 5.30. The molecule has 0 heterocycles. The Hall–Kier alpha value is -0.820. The normalized spacial score (nSPS) is 15.3. The van der Waals surface area contributed by atoms with Gasteiger partial charge in [0.15, 0.2) is 5.11 Å². The van der Waals surface area contributed by atoms with Gasteiger partial charge in [-0.05, 0) is 43.3 Å². The maximum Gasteiger partial charge on any atom is 0.417 e. The van der Waals surface area contributed by atoms with E-state index in [1.807, 2.05) is 0 Å². The van der Waals surface area contributed by atoms with Crippen LogP contribution in [0, 0.1) is 0 Å². The van der Waals surface area contributed by atoms with Crippen molar-refractivity contribution < 1.29 is 13.2 Å². The summed E-state index contributed by atoms with van der Waals surface area (Å²) in [4.78, 5) is 0. The van der Waals surface area contributed by atoms with Crippen LogP contribution in [0.15, 0.2) is 22.7 Å². The van der Waals surface area contributed by atoms with E-state index < -0.39 is 11.7 Å². The summed E-state index contributed by atoms with van der Waals surface area (Å²) in [6, 6.07) is 4.29. The summed E-state index contributed by atoms with van der Waals surface area (Å²) in [5.74, 6) is 0. The number of hydrogen-bond acceptors (Lipinski definition) is 1. The first-order chi connectivity index (χ1) is 8.36. The molecule has 1 fully saturated rings. The van der Waals surface area contributed by atoms with Crippen LogP contribution in [-0.4, -0.2) is 11.2 Å². The fourth-order valence-corrected chi connectivity index (χ4v) is 2.16. The molecule has 18 heavy (non-hydrogen) atoms. The molecule has 1 aromatic carbocycles. The molecule has 0 amide bonds. The molecule has 98 valence electrons. The Balaban J connectivity index is 2.11. The van der Waals surface area contributed by atoms with E-state index in [1.54, 1.807) is 6.07 Å². The molecule has 1 aromatic rings. The van der Waals surface area contributed by atoms with Gasteiger partial charge in [-0.3, -0.25) is 0 Å². The molecule has 1 aliphatic carbocycles. The largest absolute Gasteiger partial charge is 0.417 e. The Kier molecular flexibility index (Phi) is 3.82. The zero-order valence-electron chi connectivity index (χ0n) is 9.14. The minimum Gasteiger partial charge on any atom is -0.360 e. The van der Waals surface area contributed by atoms with Crippen LogP contribution in [0.25, 0.3) is 0 Å². The molecule has 2 N–H and O–H groups in total. The monoisotopic (exact) mass is 338 g/mol. The van der Waals surface area contributed by atoms with E-state index in [4.69, 9.17) is 12.2 Å². The highest BCUT2D eigenvalue weighted by Crippen LogP contribution is 2.36. The lowest BCUT2D eigenvalue weighted by Crippen LogP contribution is -2.30. The summed E-state index contributed by atoms with van der Waals surface area (Å²) >= 11 is 7.89. The van der Waals surface area contributed by atoms with Crippen molar-refractivity contribution in [2.24, 2.45) is 0 Å². The molecule has 0 radical (unpaired) electrons. The number of thiocarbonyl (C=S) groups is 1. The standard InChI is InChI=1S/C11H10BrF3N2S/c12-9-4-3-7(5-8(9)11(13,14)15)17-10(18)16-6-1-2-6/h3-6H,1-2H2,(H2,16,17,18). The van der Waals surface area contributed by atoms with Crippen molar-refractivity contribution in [2.45, 2.75) is 25.1 Å². The van der Waals surface area contributed by atoms with Crippen LogP contribution in [-0.2, 0) is 6.18 Å². The van der Waals surface area contributed by atoms with Crippen LogP contribution in [0.1, 0.15) is 18.4 Å². The van der Waals surface area contributed by atoms with Crippen LogP contribution in [0.2, 0.25) is 0 Å². The van der Waals surface area contributed by atoms with Gasteiger partial charge in [0, 0.05) is 16.2 Å². The second-order valence-electron chi connectivity index (χ2n) is 4.07. The molecule has 0 atom stereocenters. The van der Waals surface area contributed by atoms with Gasteiger partial charge in [0.2, 0.25) is 0 Å². The Bertz CT molecular complexity index is 472. The van der Waals surface area contributed by atoms with Gasteiger partial charge < -0.3 is 10.6 Å². The molecule has 0 aliphatic heterocycles. The van der Waals surface area contributed by atoms with Crippen molar-refractivity contribution in [3.8, 4) is 0 Å². The van der Waals surface area contributed by atoms with Gasteiger partial charge in [-0.25, -0.2) is 0 Å². The molecule has 0 aromatic heterocycles. The van der Waals surface area contributed by atoms with Crippen LogP contribution < -0.4 is 10.6 Å². The number of alkyl halides is 3. The van der Waals surface area contributed by atoms with Crippen molar-refractivity contribution in [1.82, 2.24) is 5.32 Å². The van der Waals surface area contributed by atoms with Gasteiger partial charge in [0.1, 0.15) is 0 Å². The average Bonchev–Trinajstić information content (AvgIpc) is 3.03. The molecule has 0 saturated heterocycles. The van der Waals surface area contributed by atoms with E-state index >= 15 is 0 Å². The summed E-state index contributed by atoms with van der Waals surface area (Å²) in [6.45, 7) is 0. The number of rotatable bonds is 2. The Morgan fingerprint density at radius 3 is 2.56 bits per heavy atom. The Morgan fingerprint density at radius 1 is 1.33 bits per heavy atom. The lowest BCUT2D eigenvalue weighted by molar-refractivity contribution is -0.138. The molecule has 2 nitrogen and oxygen atoms in total. The Morgan fingerprint density at radius 2 is 2.00 bits per heavy atom. The summed E-state index contributed by atoms with van der Waals surface area (Å²) < 4.78 is 38.1. The van der Waals surface area contributed by atoms with E-state index in [2.05, 4.69) is 26.6 Å². The minimum absolute atomic E-state index is 0.0154. The topological polar surface area (TPSA) is 24.1 Å². The first-order valence-corrected chi connectivity index (χ1v) is 6.50. The second kappa shape index (κ2) is 5.05. The lowest BCUT2D eigenvalue weighted by atomic mass is 10.2. The summed E-state index contributed by atoms with van der Waals surface area (Å²) in [5.41, 5.74) is -0.398. The lowest BCUT2D eigenvalue weighted by Gasteiger charge is -2.13. The fraction of sp³-hybridized carbons (Fsp3) is 0.364. The van der Waals surface area contributed by atoms with E-state index in [1.165, 1.54) is 6.07 Å². The average molecular weight is 339 g/mol. The van der Waals surface area contributed by atoms with Gasteiger partial charge in [0.05, 0.1) is 5.56 Å². The number of halogens is 4. The van der Waals surface area contributed by atoms with Crippen LogP contribution >= 0.6 is 28.1 Å². The van der Waals surface area contributed by atoms with Gasteiger partial charge in [-0.1, -0.05) is 15.9 Å². The van der Waals surface area contributed by atoms with Gasteiger partial charge >= 0.3 is 6.18 Å². The van der Waals surface area contributed by atoms with Gasteiger partial charge in [-0.15, -0.1) is 0 Å². The number of anilines is 1. The van der Waals surface area contributed by atoms with Crippen molar-refractivity contribution in [3.05, 3.63) is 28.2 Å². The quantitative estimate of drug-likeness (QED) is 0.799. The van der Waals surface area contributed by atoms with Crippen LogP contribution in [0.3, 0.4) is 0 Å². The number of nitrogens with one attached hydrogen (secondary N) is 2.